The summed E-state index contributed by atoms with van der Waals surface area (Å²) in [4.78, 5) is 13.2. The molecule has 1 aromatic heterocycles. The Morgan fingerprint density at radius 1 is 1.67 bits per heavy atom. The molecule has 0 bridgehead atoms. The van der Waals surface area contributed by atoms with Crippen LogP contribution in [0.25, 0.3) is 0 Å². The fraction of sp³-hybridized carbons (Fsp3) is 0.556. The maximum atomic E-state index is 12.0. The Kier molecular flexibility index (Phi) is 3.79. The van der Waals surface area contributed by atoms with E-state index < -0.39 is 12.8 Å². The van der Waals surface area contributed by atoms with E-state index in [-0.39, 0.29) is 12.1 Å². The average molecular weight is 215 g/mol. The van der Waals surface area contributed by atoms with E-state index in [9.17, 15) is 9.18 Å². The van der Waals surface area contributed by atoms with E-state index in [1.165, 1.54) is 12.3 Å². The summed E-state index contributed by atoms with van der Waals surface area (Å²) in [7, 11) is 3.58. The molecule has 1 atom stereocenters. The first-order valence-electron chi connectivity index (χ1n) is 4.53. The Labute approximate surface area is 86.8 Å². The van der Waals surface area contributed by atoms with Gasteiger partial charge in [-0.1, -0.05) is 0 Å². The Bertz CT molecular complexity index is 378. The van der Waals surface area contributed by atoms with Crippen LogP contribution >= 0.6 is 0 Å². The van der Waals surface area contributed by atoms with Crippen molar-refractivity contribution in [1.82, 2.24) is 9.78 Å². The molecule has 0 aliphatic heterocycles. The lowest BCUT2D eigenvalue weighted by Crippen LogP contribution is -2.30. The van der Waals surface area contributed by atoms with Gasteiger partial charge in [-0.3, -0.25) is 4.79 Å². The minimum absolute atomic E-state index is 0.122. The number of aliphatic hydroxyl groups is 1. The minimum atomic E-state index is -1.18. The zero-order chi connectivity index (χ0) is 11.4. The fourth-order valence-electron chi connectivity index (χ4n) is 1.05. The van der Waals surface area contributed by atoms with Crippen molar-refractivity contribution in [2.24, 2.45) is 0 Å². The van der Waals surface area contributed by atoms with Crippen molar-refractivity contribution in [2.75, 3.05) is 25.7 Å². The number of halogens is 1. The molecule has 84 valence electrons. The zero-order valence-corrected chi connectivity index (χ0v) is 8.72. The Morgan fingerprint density at radius 3 is 2.80 bits per heavy atom. The highest BCUT2D eigenvalue weighted by Crippen LogP contribution is 2.03. The van der Waals surface area contributed by atoms with Gasteiger partial charge in [-0.05, 0) is 0 Å². The maximum absolute atomic E-state index is 12.0. The fourth-order valence-corrected chi connectivity index (χ4v) is 1.05. The molecule has 1 unspecified atom stereocenters. The van der Waals surface area contributed by atoms with Crippen LogP contribution < -0.4 is 10.5 Å². The largest absolute Gasteiger partial charge is 0.388 e. The third kappa shape index (κ3) is 3.02. The first-order chi connectivity index (χ1) is 7.04. The van der Waals surface area contributed by atoms with E-state index in [2.05, 4.69) is 5.10 Å². The molecular formula is C9H14FN3O2. The van der Waals surface area contributed by atoms with Gasteiger partial charge < -0.3 is 10.0 Å². The van der Waals surface area contributed by atoms with Crippen LogP contribution in [0.5, 0.6) is 0 Å². The standard InChI is InChI=1S/C9H14FN3O2/c1-12(2)7-3-9(15)13(11-5-7)6-8(14)4-10/h3,5,8,14H,4,6H2,1-2H3. The van der Waals surface area contributed by atoms with E-state index in [0.717, 1.165) is 4.68 Å². The number of alkyl halides is 1. The third-order valence-electron chi connectivity index (χ3n) is 1.93. The molecule has 6 heteroatoms. The molecule has 0 amide bonds. The first kappa shape index (κ1) is 11.6. The first-order valence-corrected chi connectivity index (χ1v) is 4.53. The van der Waals surface area contributed by atoms with Crippen molar-refractivity contribution in [3.63, 3.8) is 0 Å². The number of anilines is 1. The molecule has 0 aliphatic rings. The van der Waals surface area contributed by atoms with Gasteiger partial charge in [0.05, 0.1) is 18.4 Å². The Hall–Kier alpha value is -1.43. The maximum Gasteiger partial charge on any atom is 0.268 e. The van der Waals surface area contributed by atoms with Crippen LogP contribution in [-0.2, 0) is 6.54 Å². The van der Waals surface area contributed by atoms with Crippen LogP contribution in [0, 0.1) is 0 Å². The van der Waals surface area contributed by atoms with Crippen LogP contribution in [0.3, 0.4) is 0 Å². The predicted octanol–water partition coefficient (Wildman–Crippen LogP) is -0.360. The summed E-state index contributed by atoms with van der Waals surface area (Å²) in [6.07, 6.45) is 0.312. The van der Waals surface area contributed by atoms with Gasteiger partial charge in [-0.2, -0.15) is 5.10 Å². The zero-order valence-electron chi connectivity index (χ0n) is 8.72. The number of aromatic nitrogens is 2. The Morgan fingerprint density at radius 2 is 2.33 bits per heavy atom. The molecule has 1 N–H and O–H groups in total. The van der Waals surface area contributed by atoms with Crippen molar-refractivity contribution in [2.45, 2.75) is 12.6 Å². The summed E-state index contributed by atoms with van der Waals surface area (Å²) < 4.78 is 13.0. The lowest BCUT2D eigenvalue weighted by atomic mass is 10.4. The second-order valence-electron chi connectivity index (χ2n) is 3.44. The molecule has 1 aromatic rings. The number of hydrogen-bond acceptors (Lipinski definition) is 4. The molecule has 15 heavy (non-hydrogen) atoms. The summed E-state index contributed by atoms with van der Waals surface area (Å²) in [6.45, 7) is -1.01. The molecule has 0 saturated heterocycles. The summed E-state index contributed by atoms with van der Waals surface area (Å²) >= 11 is 0. The summed E-state index contributed by atoms with van der Waals surface area (Å²) in [5.41, 5.74) is 0.319. The average Bonchev–Trinajstić information content (AvgIpc) is 2.20. The molecule has 1 rings (SSSR count). The Balaban J connectivity index is 2.89. The van der Waals surface area contributed by atoms with E-state index in [0.29, 0.717) is 5.69 Å². The normalized spacial score (nSPS) is 12.5. The van der Waals surface area contributed by atoms with Crippen LogP contribution in [-0.4, -0.2) is 41.8 Å². The molecule has 0 aliphatic carbocycles. The van der Waals surface area contributed by atoms with Gasteiger partial charge >= 0.3 is 0 Å². The van der Waals surface area contributed by atoms with Crippen molar-refractivity contribution in [3.8, 4) is 0 Å². The van der Waals surface area contributed by atoms with Crippen molar-refractivity contribution < 1.29 is 9.50 Å². The van der Waals surface area contributed by atoms with E-state index in [1.54, 1.807) is 19.0 Å². The van der Waals surface area contributed by atoms with Gasteiger partial charge in [0.1, 0.15) is 12.8 Å². The predicted molar refractivity (Wildman–Crippen MR) is 54.8 cm³/mol. The summed E-state index contributed by atoms with van der Waals surface area (Å²) in [6, 6.07) is 1.39. The number of rotatable bonds is 4. The highest BCUT2D eigenvalue weighted by molar-refractivity contribution is 5.40. The molecule has 0 spiro atoms. The number of aliphatic hydroxyl groups excluding tert-OH is 1. The molecule has 0 radical (unpaired) electrons. The third-order valence-corrected chi connectivity index (χ3v) is 1.93. The monoisotopic (exact) mass is 215 g/mol. The molecule has 0 saturated carbocycles. The van der Waals surface area contributed by atoms with Gasteiger partial charge in [-0.15, -0.1) is 0 Å². The van der Waals surface area contributed by atoms with Gasteiger partial charge in [0, 0.05) is 20.2 Å². The van der Waals surface area contributed by atoms with Crippen LogP contribution in [0.15, 0.2) is 17.1 Å². The second-order valence-corrected chi connectivity index (χ2v) is 3.44. The number of nitrogens with zero attached hydrogens (tertiary/aromatic N) is 3. The molecule has 0 aromatic carbocycles. The molecule has 1 heterocycles. The van der Waals surface area contributed by atoms with Crippen LogP contribution in [0.4, 0.5) is 10.1 Å². The highest BCUT2D eigenvalue weighted by Gasteiger charge is 2.07. The smallest absolute Gasteiger partial charge is 0.268 e. The van der Waals surface area contributed by atoms with Gasteiger partial charge in [0.2, 0.25) is 0 Å². The number of hydrogen-bond donors (Lipinski definition) is 1. The van der Waals surface area contributed by atoms with Gasteiger partial charge in [0.25, 0.3) is 5.56 Å². The molecule has 0 fully saturated rings. The lowest BCUT2D eigenvalue weighted by molar-refractivity contribution is 0.116. The highest BCUT2D eigenvalue weighted by atomic mass is 19.1. The minimum Gasteiger partial charge on any atom is -0.388 e. The SMILES string of the molecule is CN(C)c1cnn(CC(O)CF)c(=O)c1. The van der Waals surface area contributed by atoms with Gasteiger partial charge in [0.15, 0.2) is 0 Å². The molecular weight excluding hydrogens is 201 g/mol. The van der Waals surface area contributed by atoms with Crippen molar-refractivity contribution in [1.29, 1.82) is 0 Å². The topological polar surface area (TPSA) is 58.4 Å². The quantitative estimate of drug-likeness (QED) is 0.745. The van der Waals surface area contributed by atoms with E-state index in [4.69, 9.17) is 5.11 Å². The van der Waals surface area contributed by atoms with E-state index >= 15 is 0 Å². The summed E-state index contributed by atoms with van der Waals surface area (Å²) in [5, 5.41) is 12.9. The van der Waals surface area contributed by atoms with Crippen molar-refractivity contribution in [3.05, 3.63) is 22.6 Å². The van der Waals surface area contributed by atoms with Crippen molar-refractivity contribution >= 4 is 5.69 Å². The van der Waals surface area contributed by atoms with Crippen LogP contribution in [0.1, 0.15) is 0 Å². The summed E-state index contributed by atoms with van der Waals surface area (Å²) in [5.74, 6) is 0. The molecule has 5 nitrogen and oxygen atoms in total. The van der Waals surface area contributed by atoms with Crippen LogP contribution in [0.2, 0.25) is 0 Å². The van der Waals surface area contributed by atoms with E-state index in [1.807, 2.05) is 0 Å². The van der Waals surface area contributed by atoms with Gasteiger partial charge in [-0.25, -0.2) is 9.07 Å². The lowest BCUT2D eigenvalue weighted by Gasteiger charge is -2.13. The second kappa shape index (κ2) is 4.88.